The fourth-order valence-electron chi connectivity index (χ4n) is 1.13. The van der Waals surface area contributed by atoms with Gasteiger partial charge in [0, 0.05) is 6.07 Å². The van der Waals surface area contributed by atoms with Crippen LogP contribution in [0.2, 0.25) is 0 Å². The summed E-state index contributed by atoms with van der Waals surface area (Å²) in [7, 11) is 0. The van der Waals surface area contributed by atoms with Gasteiger partial charge in [0.2, 0.25) is 0 Å². The lowest BCUT2D eigenvalue weighted by Crippen LogP contribution is -2.12. The van der Waals surface area contributed by atoms with E-state index in [-0.39, 0.29) is 23.0 Å². The molecule has 0 aliphatic carbocycles. The minimum atomic E-state index is -0.604. The molecular weight excluding hydrogens is 212 g/mol. The third kappa shape index (κ3) is 2.69. The number of ether oxygens (including phenoxy) is 1. The van der Waals surface area contributed by atoms with Crippen molar-refractivity contribution in [2.45, 2.75) is 20.0 Å². The predicted octanol–water partition coefficient (Wildman–Crippen LogP) is 1.74. The van der Waals surface area contributed by atoms with E-state index in [1.165, 1.54) is 18.2 Å². The molecule has 86 valence electrons. The van der Waals surface area contributed by atoms with E-state index in [1.807, 2.05) is 0 Å². The second-order valence-electron chi connectivity index (χ2n) is 3.48. The normalized spacial score (nSPS) is 10.2. The third-order valence-electron chi connectivity index (χ3n) is 1.80. The van der Waals surface area contributed by atoms with E-state index >= 15 is 0 Å². The zero-order valence-corrected chi connectivity index (χ0v) is 8.97. The number of esters is 1. The molecule has 0 unspecified atom stereocenters. The lowest BCUT2D eigenvalue weighted by molar-refractivity contribution is -0.383. The van der Waals surface area contributed by atoms with Gasteiger partial charge in [-0.3, -0.25) is 10.1 Å². The molecule has 2 N–H and O–H groups in total. The zero-order chi connectivity index (χ0) is 12.3. The first-order valence-corrected chi connectivity index (χ1v) is 4.66. The maximum absolute atomic E-state index is 11.4. The molecule has 0 fully saturated rings. The topological polar surface area (TPSA) is 95.5 Å². The van der Waals surface area contributed by atoms with Gasteiger partial charge in [-0.2, -0.15) is 0 Å². The van der Waals surface area contributed by atoms with Gasteiger partial charge in [-0.05, 0) is 26.0 Å². The largest absolute Gasteiger partial charge is 0.459 e. The molecule has 0 aliphatic heterocycles. The number of carbonyl (C=O) groups is 1. The average Bonchev–Trinajstić information content (AvgIpc) is 2.15. The van der Waals surface area contributed by atoms with Gasteiger partial charge >= 0.3 is 5.97 Å². The fourth-order valence-corrected chi connectivity index (χ4v) is 1.13. The molecule has 16 heavy (non-hydrogen) atoms. The molecule has 6 heteroatoms. The minimum absolute atomic E-state index is 0.0526. The molecule has 0 aromatic heterocycles. The van der Waals surface area contributed by atoms with Crippen LogP contribution in [0.3, 0.4) is 0 Å². The molecule has 0 aliphatic rings. The Morgan fingerprint density at radius 3 is 2.56 bits per heavy atom. The maximum Gasteiger partial charge on any atom is 0.338 e. The van der Waals surface area contributed by atoms with Crippen LogP contribution >= 0.6 is 0 Å². The summed E-state index contributed by atoms with van der Waals surface area (Å²) >= 11 is 0. The van der Waals surface area contributed by atoms with Gasteiger partial charge in [0.25, 0.3) is 5.69 Å². The quantitative estimate of drug-likeness (QED) is 0.365. The van der Waals surface area contributed by atoms with Crippen LogP contribution in [0.25, 0.3) is 0 Å². The predicted molar refractivity (Wildman–Crippen MR) is 58.1 cm³/mol. The van der Waals surface area contributed by atoms with Crippen molar-refractivity contribution in [2.24, 2.45) is 0 Å². The molecule has 6 nitrogen and oxygen atoms in total. The summed E-state index contributed by atoms with van der Waals surface area (Å²) in [5.41, 5.74) is 5.37. The van der Waals surface area contributed by atoms with Gasteiger partial charge in [-0.25, -0.2) is 4.79 Å². The van der Waals surface area contributed by atoms with Crippen LogP contribution in [0, 0.1) is 10.1 Å². The van der Waals surface area contributed by atoms with Crippen LogP contribution in [-0.4, -0.2) is 17.0 Å². The van der Waals surface area contributed by atoms with E-state index in [4.69, 9.17) is 10.5 Å². The highest BCUT2D eigenvalue weighted by molar-refractivity contribution is 5.91. The molecule has 0 radical (unpaired) electrons. The number of nitrogens with zero attached hydrogens (tertiary/aromatic N) is 1. The molecule has 1 rings (SSSR count). The average molecular weight is 224 g/mol. The molecule has 0 saturated heterocycles. The summed E-state index contributed by atoms with van der Waals surface area (Å²) in [6.45, 7) is 3.43. The number of anilines is 1. The Morgan fingerprint density at radius 2 is 2.12 bits per heavy atom. The van der Waals surface area contributed by atoms with Gasteiger partial charge in [0.15, 0.2) is 0 Å². The number of hydrogen-bond donors (Lipinski definition) is 1. The molecule has 1 aromatic carbocycles. The highest BCUT2D eigenvalue weighted by atomic mass is 16.6. The lowest BCUT2D eigenvalue weighted by Gasteiger charge is -2.08. The number of nitro benzene ring substituents is 1. The first kappa shape index (κ1) is 12.0. The molecular formula is C10H12N2O4. The first-order valence-electron chi connectivity index (χ1n) is 4.66. The van der Waals surface area contributed by atoms with Crippen LogP contribution in [0.1, 0.15) is 24.2 Å². The summed E-state index contributed by atoms with van der Waals surface area (Å²) in [6, 6.07) is 3.74. The number of carbonyl (C=O) groups excluding carboxylic acids is 1. The van der Waals surface area contributed by atoms with Crippen molar-refractivity contribution in [3.05, 3.63) is 33.9 Å². The SMILES string of the molecule is CC(C)OC(=O)c1ccc([N+](=O)[O-])c(N)c1. The van der Waals surface area contributed by atoms with Crippen molar-refractivity contribution in [1.82, 2.24) is 0 Å². The van der Waals surface area contributed by atoms with Gasteiger partial charge in [0.05, 0.1) is 16.6 Å². The van der Waals surface area contributed by atoms with Crippen LogP contribution in [0.4, 0.5) is 11.4 Å². The monoisotopic (exact) mass is 224 g/mol. The zero-order valence-electron chi connectivity index (χ0n) is 8.97. The van der Waals surface area contributed by atoms with Crippen molar-refractivity contribution in [2.75, 3.05) is 5.73 Å². The van der Waals surface area contributed by atoms with Gasteiger partial charge < -0.3 is 10.5 Å². The summed E-state index contributed by atoms with van der Waals surface area (Å²) in [6.07, 6.45) is -0.246. The minimum Gasteiger partial charge on any atom is -0.459 e. The smallest absolute Gasteiger partial charge is 0.338 e. The second kappa shape index (κ2) is 4.61. The number of nitro groups is 1. The Morgan fingerprint density at radius 1 is 1.50 bits per heavy atom. The number of hydrogen-bond acceptors (Lipinski definition) is 5. The molecule has 0 amide bonds. The summed E-state index contributed by atoms with van der Waals surface area (Å²) in [4.78, 5) is 21.3. The molecule has 0 saturated carbocycles. The van der Waals surface area contributed by atoms with E-state index in [0.717, 1.165) is 0 Å². The van der Waals surface area contributed by atoms with Gasteiger partial charge in [-0.15, -0.1) is 0 Å². The standard InChI is InChI=1S/C10H12N2O4/c1-6(2)16-10(13)7-3-4-9(12(14)15)8(11)5-7/h3-6H,11H2,1-2H3. The van der Waals surface area contributed by atoms with Crippen LogP contribution in [0.5, 0.6) is 0 Å². The van der Waals surface area contributed by atoms with E-state index in [2.05, 4.69) is 0 Å². The lowest BCUT2D eigenvalue weighted by atomic mass is 10.2. The molecule has 0 atom stereocenters. The Balaban J connectivity index is 2.97. The van der Waals surface area contributed by atoms with E-state index in [9.17, 15) is 14.9 Å². The van der Waals surface area contributed by atoms with Gasteiger partial charge in [0.1, 0.15) is 5.69 Å². The molecule has 0 heterocycles. The highest BCUT2D eigenvalue weighted by Crippen LogP contribution is 2.22. The van der Waals surface area contributed by atoms with Gasteiger partial charge in [-0.1, -0.05) is 0 Å². The maximum atomic E-state index is 11.4. The van der Waals surface area contributed by atoms with E-state index in [0.29, 0.717) is 0 Å². The molecule has 1 aromatic rings. The summed E-state index contributed by atoms with van der Waals surface area (Å²) in [5.74, 6) is -0.545. The van der Waals surface area contributed by atoms with Crippen LogP contribution in [-0.2, 0) is 4.74 Å². The number of benzene rings is 1. The first-order chi connectivity index (χ1) is 7.41. The van der Waals surface area contributed by atoms with Crippen LogP contribution < -0.4 is 5.73 Å². The van der Waals surface area contributed by atoms with E-state index < -0.39 is 10.9 Å². The number of nitrogen functional groups attached to an aromatic ring is 1. The van der Waals surface area contributed by atoms with Crippen molar-refractivity contribution in [3.63, 3.8) is 0 Å². The molecule has 0 bridgehead atoms. The van der Waals surface area contributed by atoms with Crippen molar-refractivity contribution in [3.8, 4) is 0 Å². The van der Waals surface area contributed by atoms with Crippen molar-refractivity contribution in [1.29, 1.82) is 0 Å². The third-order valence-corrected chi connectivity index (χ3v) is 1.80. The second-order valence-corrected chi connectivity index (χ2v) is 3.48. The Hall–Kier alpha value is -2.11. The van der Waals surface area contributed by atoms with Crippen LogP contribution in [0.15, 0.2) is 18.2 Å². The Kier molecular flexibility index (Phi) is 3.44. The Bertz CT molecular complexity index is 429. The summed E-state index contributed by atoms with van der Waals surface area (Å²) < 4.78 is 4.93. The summed E-state index contributed by atoms with van der Waals surface area (Å²) in [5, 5.41) is 10.5. The molecule has 0 spiro atoms. The number of rotatable bonds is 3. The number of nitrogens with two attached hydrogens (primary N) is 1. The van der Waals surface area contributed by atoms with Crippen molar-refractivity contribution < 1.29 is 14.5 Å². The van der Waals surface area contributed by atoms with Crippen molar-refractivity contribution >= 4 is 17.3 Å². The van der Waals surface area contributed by atoms with E-state index in [1.54, 1.807) is 13.8 Å². The highest BCUT2D eigenvalue weighted by Gasteiger charge is 2.15. The Labute approximate surface area is 92.2 Å². The fraction of sp³-hybridized carbons (Fsp3) is 0.300.